The number of rotatable bonds is 5. The lowest BCUT2D eigenvalue weighted by Gasteiger charge is -2.13. The molecule has 8 heteroatoms. The Balaban J connectivity index is 0.00000200. The van der Waals surface area contributed by atoms with Gasteiger partial charge in [0.2, 0.25) is 5.91 Å². The molecule has 1 saturated carbocycles. The maximum atomic E-state index is 12.1. The monoisotopic (exact) mass is 308 g/mol. The van der Waals surface area contributed by atoms with Crippen LogP contribution in [0.1, 0.15) is 25.7 Å². The number of halogens is 3. The molecule has 0 aromatic carbocycles. The highest BCUT2D eigenvalue weighted by molar-refractivity contribution is 5.89. The van der Waals surface area contributed by atoms with Crippen LogP contribution in [0.2, 0.25) is 0 Å². The number of carbonyl (C=O) groups excluding carboxylic acids is 1. The van der Waals surface area contributed by atoms with Crippen molar-refractivity contribution in [3.05, 3.63) is 12.3 Å². The van der Waals surface area contributed by atoms with Crippen molar-refractivity contribution >= 4 is 24.1 Å². The van der Waals surface area contributed by atoms with Crippen molar-refractivity contribution in [3.63, 3.8) is 0 Å². The number of anilines is 1. The fourth-order valence-electron chi connectivity index (χ4n) is 2.42. The van der Waals surface area contributed by atoms with Crippen molar-refractivity contribution in [2.75, 3.05) is 5.32 Å². The van der Waals surface area contributed by atoms with Gasteiger partial charge in [0, 0.05) is 24.7 Å². The lowest BCUT2D eigenvalue weighted by atomic mass is 10.00. The number of alkyl halides is 2. The molecule has 1 heterocycles. The lowest BCUT2D eigenvalue weighted by molar-refractivity contribution is -0.117. The molecule has 1 amide bonds. The predicted molar refractivity (Wildman–Crippen MR) is 74.0 cm³/mol. The molecule has 0 spiro atoms. The van der Waals surface area contributed by atoms with Crippen molar-refractivity contribution in [1.82, 2.24) is 9.78 Å². The maximum absolute atomic E-state index is 12.1. The summed E-state index contributed by atoms with van der Waals surface area (Å²) in [5, 5.41) is 6.47. The lowest BCUT2D eigenvalue weighted by Crippen LogP contribution is -2.28. The van der Waals surface area contributed by atoms with Gasteiger partial charge < -0.3 is 11.1 Å². The number of nitrogens with zero attached hydrogens (tertiary/aromatic N) is 2. The molecule has 5 nitrogen and oxygen atoms in total. The zero-order valence-corrected chi connectivity index (χ0v) is 11.8. The highest BCUT2D eigenvalue weighted by Gasteiger charge is 2.26. The molecular formula is C12H19ClF2N4O. The Morgan fingerprint density at radius 2 is 2.30 bits per heavy atom. The van der Waals surface area contributed by atoms with E-state index in [-0.39, 0.29) is 30.3 Å². The third kappa shape index (κ3) is 4.72. The molecule has 0 saturated heterocycles. The number of amides is 1. The Kier molecular flexibility index (Phi) is 6.35. The van der Waals surface area contributed by atoms with Gasteiger partial charge in [0.25, 0.3) is 6.43 Å². The van der Waals surface area contributed by atoms with E-state index < -0.39 is 13.0 Å². The molecule has 1 aliphatic carbocycles. The normalized spacial score (nSPS) is 21.8. The van der Waals surface area contributed by atoms with Crippen LogP contribution in [0.25, 0.3) is 0 Å². The second kappa shape index (κ2) is 7.54. The number of nitrogens with two attached hydrogens (primary N) is 1. The van der Waals surface area contributed by atoms with E-state index in [0.29, 0.717) is 12.2 Å². The fraction of sp³-hybridized carbons (Fsp3) is 0.667. The molecule has 2 rings (SSSR count). The van der Waals surface area contributed by atoms with Gasteiger partial charge in [-0.3, -0.25) is 9.48 Å². The van der Waals surface area contributed by atoms with Gasteiger partial charge in [-0.2, -0.15) is 5.10 Å². The first-order chi connectivity index (χ1) is 9.04. The minimum Gasteiger partial charge on any atom is -0.327 e. The highest BCUT2D eigenvalue weighted by Crippen LogP contribution is 2.27. The summed E-state index contributed by atoms with van der Waals surface area (Å²) in [6, 6.07) is 1.59. The zero-order valence-electron chi connectivity index (χ0n) is 11.0. The van der Waals surface area contributed by atoms with Crippen molar-refractivity contribution < 1.29 is 13.6 Å². The van der Waals surface area contributed by atoms with Crippen LogP contribution in [0.4, 0.5) is 14.6 Å². The van der Waals surface area contributed by atoms with E-state index in [1.54, 1.807) is 0 Å². The average molecular weight is 309 g/mol. The maximum Gasteiger partial charge on any atom is 0.257 e. The topological polar surface area (TPSA) is 72.9 Å². The van der Waals surface area contributed by atoms with E-state index in [2.05, 4.69) is 10.4 Å². The van der Waals surface area contributed by atoms with E-state index in [4.69, 9.17) is 5.73 Å². The van der Waals surface area contributed by atoms with Crippen LogP contribution >= 0.6 is 12.4 Å². The molecule has 0 aliphatic heterocycles. The number of hydrogen-bond donors (Lipinski definition) is 2. The Bertz CT molecular complexity index is 441. The molecule has 1 fully saturated rings. The molecule has 3 N–H and O–H groups in total. The van der Waals surface area contributed by atoms with Gasteiger partial charge in [0.05, 0.1) is 0 Å². The van der Waals surface area contributed by atoms with Gasteiger partial charge in [-0.25, -0.2) is 8.78 Å². The third-order valence-corrected chi connectivity index (χ3v) is 3.40. The molecule has 0 bridgehead atoms. The summed E-state index contributed by atoms with van der Waals surface area (Å²) in [4.78, 5) is 11.8. The van der Waals surface area contributed by atoms with Crippen LogP contribution in [-0.2, 0) is 11.3 Å². The quantitative estimate of drug-likeness (QED) is 0.874. The summed E-state index contributed by atoms with van der Waals surface area (Å²) < 4.78 is 25.4. The van der Waals surface area contributed by atoms with Gasteiger partial charge in [-0.15, -0.1) is 12.4 Å². The molecule has 114 valence electrons. The van der Waals surface area contributed by atoms with Crippen LogP contribution in [0.5, 0.6) is 0 Å². The second-order valence-corrected chi connectivity index (χ2v) is 4.92. The molecule has 0 radical (unpaired) electrons. The minimum atomic E-state index is -2.46. The SMILES string of the molecule is Cl.N[C@@H]1CCC[C@H]1CC(=O)Nc1ccn(CC(F)F)n1. The molecule has 1 aliphatic rings. The Hall–Kier alpha value is -1.21. The Morgan fingerprint density at radius 3 is 2.90 bits per heavy atom. The Morgan fingerprint density at radius 1 is 1.55 bits per heavy atom. The molecule has 1 aromatic heterocycles. The van der Waals surface area contributed by atoms with Crippen LogP contribution in [0.3, 0.4) is 0 Å². The highest BCUT2D eigenvalue weighted by atomic mass is 35.5. The first-order valence-electron chi connectivity index (χ1n) is 6.41. The van der Waals surface area contributed by atoms with Crippen molar-refractivity contribution in [2.24, 2.45) is 11.7 Å². The van der Waals surface area contributed by atoms with E-state index in [1.165, 1.54) is 12.3 Å². The van der Waals surface area contributed by atoms with Gasteiger partial charge in [0.15, 0.2) is 5.82 Å². The molecule has 0 unspecified atom stereocenters. The predicted octanol–water partition coefficient (Wildman–Crippen LogP) is 2.03. The minimum absolute atomic E-state index is 0. The van der Waals surface area contributed by atoms with Gasteiger partial charge in [-0.05, 0) is 18.8 Å². The fourth-order valence-corrected chi connectivity index (χ4v) is 2.42. The number of carbonyl (C=O) groups is 1. The van der Waals surface area contributed by atoms with Gasteiger partial charge in [-0.1, -0.05) is 6.42 Å². The van der Waals surface area contributed by atoms with E-state index >= 15 is 0 Å². The molecule has 1 aromatic rings. The first kappa shape index (κ1) is 16.8. The Labute approximate surface area is 122 Å². The van der Waals surface area contributed by atoms with Crippen molar-refractivity contribution in [3.8, 4) is 0 Å². The summed E-state index contributed by atoms with van der Waals surface area (Å²) in [5.74, 6) is 0.352. The largest absolute Gasteiger partial charge is 0.327 e. The zero-order chi connectivity index (χ0) is 13.8. The summed E-state index contributed by atoms with van der Waals surface area (Å²) >= 11 is 0. The van der Waals surface area contributed by atoms with Crippen molar-refractivity contribution in [2.45, 2.75) is 44.7 Å². The summed E-state index contributed by atoms with van der Waals surface area (Å²) in [7, 11) is 0. The number of hydrogen-bond acceptors (Lipinski definition) is 3. The average Bonchev–Trinajstić information content (AvgIpc) is 2.89. The molecule has 2 atom stereocenters. The third-order valence-electron chi connectivity index (χ3n) is 3.40. The smallest absolute Gasteiger partial charge is 0.257 e. The van der Waals surface area contributed by atoms with E-state index in [9.17, 15) is 13.6 Å². The van der Waals surface area contributed by atoms with Crippen LogP contribution in [0.15, 0.2) is 12.3 Å². The summed E-state index contributed by atoms with van der Waals surface area (Å²) in [6.45, 7) is -0.469. The summed E-state index contributed by atoms with van der Waals surface area (Å²) in [6.07, 6.45) is 2.31. The summed E-state index contributed by atoms with van der Waals surface area (Å²) in [5.41, 5.74) is 5.90. The van der Waals surface area contributed by atoms with E-state index in [1.807, 2.05) is 0 Å². The second-order valence-electron chi connectivity index (χ2n) is 4.92. The molecule has 20 heavy (non-hydrogen) atoms. The number of nitrogens with one attached hydrogen (secondary N) is 1. The van der Waals surface area contributed by atoms with Crippen LogP contribution < -0.4 is 11.1 Å². The number of aromatic nitrogens is 2. The van der Waals surface area contributed by atoms with E-state index in [0.717, 1.165) is 23.9 Å². The van der Waals surface area contributed by atoms with Crippen LogP contribution in [-0.4, -0.2) is 28.2 Å². The standard InChI is InChI=1S/C12H18F2N4O.ClH/c13-10(14)7-18-5-4-11(17-18)16-12(19)6-8-2-1-3-9(8)15;/h4-5,8-10H,1-3,6-7,15H2,(H,16,17,19);1H/t8-,9+;/m0./s1. The molecular weight excluding hydrogens is 290 g/mol. The van der Waals surface area contributed by atoms with Crippen molar-refractivity contribution in [1.29, 1.82) is 0 Å². The van der Waals surface area contributed by atoms with Crippen LogP contribution in [0, 0.1) is 5.92 Å². The van der Waals surface area contributed by atoms with Gasteiger partial charge in [0.1, 0.15) is 6.54 Å². The first-order valence-corrected chi connectivity index (χ1v) is 6.41. The van der Waals surface area contributed by atoms with Gasteiger partial charge >= 0.3 is 0 Å².